The van der Waals surface area contributed by atoms with Gasteiger partial charge in [-0.2, -0.15) is 0 Å². The van der Waals surface area contributed by atoms with Gasteiger partial charge in [0, 0.05) is 5.75 Å². The van der Waals surface area contributed by atoms with Crippen LogP contribution in [0.1, 0.15) is 6.92 Å². The largest absolute Gasteiger partial charge is 0.0973 e. The van der Waals surface area contributed by atoms with Gasteiger partial charge in [-0.3, -0.25) is 0 Å². The Morgan fingerprint density at radius 3 is 2.20 bits per heavy atom. The highest BCUT2D eigenvalue weighted by Crippen LogP contribution is 2.18. The third-order valence-corrected chi connectivity index (χ3v) is 1.73. The van der Waals surface area contributed by atoms with Crippen LogP contribution in [-0.4, -0.2) is 6.26 Å². The second-order valence-corrected chi connectivity index (χ2v) is 3.07. The molecule has 0 heterocycles. The minimum Gasteiger partial charge on any atom is -0.0973 e. The molecule has 0 aromatic heterocycles. The first-order valence-corrected chi connectivity index (χ1v) is 4.01. The monoisotopic (exact) mass is 107 g/mol. The van der Waals surface area contributed by atoms with Crippen molar-refractivity contribution in [3.8, 4) is 0 Å². The van der Waals surface area contributed by atoms with Gasteiger partial charge in [0.2, 0.25) is 0 Å². The lowest BCUT2D eigenvalue weighted by atomic mass is 11.0. The molecule has 0 bridgehead atoms. The fourth-order valence-corrected chi connectivity index (χ4v) is 0.866. The van der Waals surface area contributed by atoms with Crippen LogP contribution in [0.5, 0.6) is 0 Å². The zero-order valence-corrected chi connectivity index (χ0v) is 5.03. The summed E-state index contributed by atoms with van der Waals surface area (Å²) >= 11 is 0. The second-order valence-electron chi connectivity index (χ2n) is 0.499. The smallest absolute Gasteiger partial charge is 0.0247 e. The maximum absolute atomic E-state index is 2.06. The lowest BCUT2D eigenvalue weighted by Crippen LogP contribution is -1.39. The van der Waals surface area contributed by atoms with Crippen LogP contribution in [0.3, 0.4) is 0 Å². The van der Waals surface area contributed by atoms with E-state index in [4.69, 9.17) is 0 Å². The van der Waals surface area contributed by atoms with Crippen molar-refractivity contribution in [1.82, 2.24) is 0 Å². The standard InChI is InChI=1S/C3H7S2/c1-3-5-4-2/h3H,1-2H3. The van der Waals surface area contributed by atoms with Crippen molar-refractivity contribution >= 4 is 21.6 Å². The Bertz CT molecular complexity index is 12.4. The quantitative estimate of drug-likeness (QED) is 0.496. The first-order valence-electron chi connectivity index (χ1n) is 1.39. The van der Waals surface area contributed by atoms with Crippen LogP contribution in [-0.2, 0) is 0 Å². The summed E-state index contributed by atoms with van der Waals surface area (Å²) in [5.41, 5.74) is 0. The third-order valence-electron chi connectivity index (χ3n) is 0.192. The molecule has 2 heteroatoms. The molecule has 0 nitrogen and oxygen atoms in total. The molecule has 0 spiro atoms. The highest BCUT2D eigenvalue weighted by Gasteiger charge is 1.68. The van der Waals surface area contributed by atoms with Gasteiger partial charge in [-0.25, -0.2) is 0 Å². The van der Waals surface area contributed by atoms with Gasteiger partial charge in [0.1, 0.15) is 0 Å². The predicted molar refractivity (Wildman–Crippen MR) is 31.1 cm³/mol. The first kappa shape index (κ1) is 5.70. The Morgan fingerprint density at radius 2 is 2.20 bits per heavy atom. The molecule has 31 valence electrons. The molecule has 0 rings (SSSR count). The van der Waals surface area contributed by atoms with Gasteiger partial charge >= 0.3 is 0 Å². The van der Waals surface area contributed by atoms with Crippen molar-refractivity contribution in [3.05, 3.63) is 5.75 Å². The molecule has 0 N–H and O–H groups in total. The molecule has 0 fully saturated rings. The summed E-state index contributed by atoms with van der Waals surface area (Å²) in [5.74, 6) is 2.06. The average molecular weight is 107 g/mol. The fraction of sp³-hybridized carbons (Fsp3) is 0.667. The number of hydrogen-bond donors (Lipinski definition) is 0. The molecule has 0 aromatic rings. The Kier molecular flexibility index (Phi) is 5.36. The minimum atomic E-state index is 1.75. The van der Waals surface area contributed by atoms with E-state index in [9.17, 15) is 0 Å². The maximum Gasteiger partial charge on any atom is 0.0247 e. The van der Waals surface area contributed by atoms with Gasteiger partial charge in [-0.05, 0) is 6.26 Å². The van der Waals surface area contributed by atoms with Crippen LogP contribution < -0.4 is 0 Å². The molecule has 0 amide bonds. The number of hydrogen-bond acceptors (Lipinski definition) is 2. The fourth-order valence-electron chi connectivity index (χ4n) is 0.0962. The summed E-state index contributed by atoms with van der Waals surface area (Å²) < 4.78 is 0. The van der Waals surface area contributed by atoms with E-state index in [2.05, 4.69) is 12.0 Å². The van der Waals surface area contributed by atoms with Crippen LogP contribution in [0.4, 0.5) is 0 Å². The minimum absolute atomic E-state index is 1.75. The van der Waals surface area contributed by atoms with Crippen LogP contribution in [0.25, 0.3) is 0 Å². The van der Waals surface area contributed by atoms with Crippen molar-refractivity contribution in [2.75, 3.05) is 6.26 Å². The predicted octanol–water partition coefficient (Wildman–Crippen LogP) is 2.18. The summed E-state index contributed by atoms with van der Waals surface area (Å²) in [4.78, 5) is 0. The van der Waals surface area contributed by atoms with E-state index in [0.717, 1.165) is 0 Å². The van der Waals surface area contributed by atoms with Gasteiger partial charge in [0.15, 0.2) is 0 Å². The van der Waals surface area contributed by atoms with Gasteiger partial charge < -0.3 is 0 Å². The van der Waals surface area contributed by atoms with Crippen molar-refractivity contribution in [2.24, 2.45) is 0 Å². The van der Waals surface area contributed by atoms with E-state index in [1.807, 2.05) is 6.92 Å². The molecule has 0 aromatic carbocycles. The molecule has 5 heavy (non-hydrogen) atoms. The molecule has 1 radical (unpaired) electrons. The summed E-state index contributed by atoms with van der Waals surface area (Å²) in [5, 5.41) is 0. The van der Waals surface area contributed by atoms with E-state index in [0.29, 0.717) is 0 Å². The zero-order valence-electron chi connectivity index (χ0n) is 3.39. The third kappa shape index (κ3) is 4.70. The topological polar surface area (TPSA) is 0 Å². The lowest BCUT2D eigenvalue weighted by Gasteiger charge is -1.79. The Morgan fingerprint density at radius 1 is 1.60 bits per heavy atom. The highest BCUT2D eigenvalue weighted by atomic mass is 33.1. The maximum atomic E-state index is 2.06. The molecule has 0 atom stereocenters. The molecular weight excluding hydrogens is 100 g/mol. The van der Waals surface area contributed by atoms with Gasteiger partial charge in [-0.15, -0.1) is 0 Å². The molecule has 0 aliphatic heterocycles. The van der Waals surface area contributed by atoms with E-state index in [1.54, 1.807) is 21.6 Å². The number of rotatable bonds is 2. The van der Waals surface area contributed by atoms with E-state index >= 15 is 0 Å². The van der Waals surface area contributed by atoms with Crippen LogP contribution >= 0.6 is 21.6 Å². The SMILES string of the molecule is C[CH]SSC. The summed E-state index contributed by atoms with van der Waals surface area (Å²) in [6.45, 7) is 2.03. The van der Waals surface area contributed by atoms with E-state index in [-0.39, 0.29) is 0 Å². The summed E-state index contributed by atoms with van der Waals surface area (Å²) in [6.07, 6.45) is 2.06. The lowest BCUT2D eigenvalue weighted by molar-refractivity contribution is 1.75. The van der Waals surface area contributed by atoms with Crippen molar-refractivity contribution in [2.45, 2.75) is 6.92 Å². The second kappa shape index (κ2) is 4.70. The molecule has 0 saturated heterocycles. The zero-order chi connectivity index (χ0) is 4.12. The van der Waals surface area contributed by atoms with Crippen molar-refractivity contribution in [3.63, 3.8) is 0 Å². The van der Waals surface area contributed by atoms with Crippen molar-refractivity contribution < 1.29 is 0 Å². The van der Waals surface area contributed by atoms with Gasteiger partial charge in [0.25, 0.3) is 0 Å². The van der Waals surface area contributed by atoms with Gasteiger partial charge in [-0.1, -0.05) is 28.5 Å². The van der Waals surface area contributed by atoms with Crippen LogP contribution in [0.2, 0.25) is 0 Å². The van der Waals surface area contributed by atoms with Crippen LogP contribution in [0, 0.1) is 5.75 Å². The van der Waals surface area contributed by atoms with E-state index in [1.165, 1.54) is 0 Å². The average Bonchev–Trinajstić information content (AvgIpc) is 1.41. The molecule has 0 saturated carbocycles. The van der Waals surface area contributed by atoms with Gasteiger partial charge in [0.05, 0.1) is 0 Å². The van der Waals surface area contributed by atoms with Crippen molar-refractivity contribution in [1.29, 1.82) is 0 Å². The van der Waals surface area contributed by atoms with E-state index < -0.39 is 0 Å². The first-order chi connectivity index (χ1) is 2.41. The normalized spacial score (nSPS) is 8.40. The molecule has 0 aliphatic rings. The van der Waals surface area contributed by atoms with Crippen LogP contribution in [0.15, 0.2) is 0 Å². The molecule has 0 unspecified atom stereocenters. The summed E-state index contributed by atoms with van der Waals surface area (Å²) in [7, 11) is 3.52. The Labute approximate surface area is 41.1 Å². The molecule has 0 aliphatic carbocycles. The Hall–Kier alpha value is 0.700. The highest BCUT2D eigenvalue weighted by molar-refractivity contribution is 8.77. The summed E-state index contributed by atoms with van der Waals surface area (Å²) in [6, 6.07) is 0. The molecular formula is C3H7S2. The Balaban J connectivity index is 2.19.